The summed E-state index contributed by atoms with van der Waals surface area (Å²) in [7, 11) is 2.93. The van der Waals surface area contributed by atoms with Crippen LogP contribution in [0, 0.1) is 6.92 Å². The van der Waals surface area contributed by atoms with Crippen molar-refractivity contribution in [2.24, 2.45) is 0 Å². The summed E-state index contributed by atoms with van der Waals surface area (Å²) in [4.78, 5) is 16.3. The van der Waals surface area contributed by atoms with Crippen molar-refractivity contribution in [1.29, 1.82) is 0 Å². The van der Waals surface area contributed by atoms with Crippen LogP contribution in [-0.4, -0.2) is 25.2 Å². The van der Waals surface area contributed by atoms with Gasteiger partial charge < -0.3 is 18.6 Å². The summed E-state index contributed by atoms with van der Waals surface area (Å²) in [6.45, 7) is 1.98. The highest BCUT2D eigenvalue weighted by molar-refractivity contribution is 5.92. The molecule has 0 fully saturated rings. The van der Waals surface area contributed by atoms with E-state index in [-0.39, 0.29) is 6.61 Å². The molecular weight excluding hydrogens is 334 g/mol. The summed E-state index contributed by atoms with van der Waals surface area (Å²) in [5.41, 5.74) is 1.83. The number of aryl methyl sites for hydroxylation is 1. The summed E-state index contributed by atoms with van der Waals surface area (Å²) in [5.74, 6) is 1.68. The van der Waals surface area contributed by atoms with Crippen molar-refractivity contribution in [2.75, 3.05) is 14.2 Å². The summed E-state index contributed by atoms with van der Waals surface area (Å²) >= 11 is 0. The normalized spacial score (nSPS) is 10.4. The Kier molecular flexibility index (Phi) is 5.22. The Hall–Kier alpha value is -3.28. The fraction of sp³-hybridized carbons (Fsp3) is 0.200. The van der Waals surface area contributed by atoms with Gasteiger partial charge in [-0.3, -0.25) is 0 Å². The summed E-state index contributed by atoms with van der Waals surface area (Å²) in [5, 5.41) is 0. The number of para-hydroxylation sites is 2. The first-order valence-corrected chi connectivity index (χ1v) is 8.04. The topological polar surface area (TPSA) is 70.8 Å². The highest BCUT2D eigenvalue weighted by atomic mass is 16.5. The third-order valence-electron chi connectivity index (χ3n) is 3.88. The number of nitrogens with zero attached hydrogens (tertiary/aromatic N) is 1. The molecule has 1 aromatic heterocycles. The third-order valence-corrected chi connectivity index (χ3v) is 3.88. The Bertz CT molecular complexity index is 916. The predicted octanol–water partition coefficient (Wildman–Crippen LogP) is 4.02. The first kappa shape index (κ1) is 17.5. The van der Waals surface area contributed by atoms with Gasteiger partial charge >= 0.3 is 5.97 Å². The third kappa shape index (κ3) is 3.54. The van der Waals surface area contributed by atoms with E-state index in [1.807, 2.05) is 31.2 Å². The molecule has 0 spiro atoms. The van der Waals surface area contributed by atoms with E-state index >= 15 is 0 Å². The molecule has 6 heteroatoms. The van der Waals surface area contributed by atoms with Crippen molar-refractivity contribution >= 4 is 5.97 Å². The number of hydrogen-bond donors (Lipinski definition) is 0. The molecule has 3 aromatic rings. The van der Waals surface area contributed by atoms with Crippen molar-refractivity contribution in [3.8, 4) is 23.0 Å². The molecule has 0 aliphatic carbocycles. The van der Waals surface area contributed by atoms with Gasteiger partial charge in [0.25, 0.3) is 0 Å². The van der Waals surface area contributed by atoms with E-state index in [9.17, 15) is 4.79 Å². The monoisotopic (exact) mass is 353 g/mol. The molecule has 26 heavy (non-hydrogen) atoms. The van der Waals surface area contributed by atoms with Crippen LogP contribution in [0.3, 0.4) is 0 Å². The van der Waals surface area contributed by atoms with E-state index in [2.05, 4.69) is 4.98 Å². The molecule has 1 heterocycles. The Morgan fingerprint density at radius 3 is 2.46 bits per heavy atom. The van der Waals surface area contributed by atoms with Gasteiger partial charge in [0.1, 0.15) is 23.7 Å². The highest BCUT2D eigenvalue weighted by Crippen LogP contribution is 2.31. The standard InChI is InChI=1S/C20H19NO5/c1-13-18(12-25-17-11-7-5-9-15(17)20(22)24-3)26-19(21-13)14-8-4-6-10-16(14)23-2/h4-11H,12H2,1-3H3. The molecule has 3 rings (SSSR count). The SMILES string of the molecule is COC(=O)c1ccccc1OCc1oc(-c2ccccc2OC)nc1C. The molecule has 6 nitrogen and oxygen atoms in total. The fourth-order valence-corrected chi connectivity index (χ4v) is 2.51. The number of benzene rings is 2. The van der Waals surface area contributed by atoms with Gasteiger partial charge in [0.2, 0.25) is 5.89 Å². The lowest BCUT2D eigenvalue weighted by Gasteiger charge is -2.09. The second kappa shape index (κ2) is 7.74. The van der Waals surface area contributed by atoms with Gasteiger partial charge in [-0.05, 0) is 31.2 Å². The van der Waals surface area contributed by atoms with Gasteiger partial charge in [-0.15, -0.1) is 0 Å². The molecule has 0 radical (unpaired) electrons. The first-order chi connectivity index (χ1) is 12.6. The van der Waals surface area contributed by atoms with Gasteiger partial charge in [0.15, 0.2) is 5.76 Å². The van der Waals surface area contributed by atoms with E-state index < -0.39 is 5.97 Å². The zero-order valence-corrected chi connectivity index (χ0v) is 14.8. The van der Waals surface area contributed by atoms with Crippen molar-refractivity contribution in [3.05, 3.63) is 65.5 Å². The predicted molar refractivity (Wildman–Crippen MR) is 95.3 cm³/mol. The average molecular weight is 353 g/mol. The van der Waals surface area contributed by atoms with Crippen molar-refractivity contribution in [2.45, 2.75) is 13.5 Å². The fourth-order valence-electron chi connectivity index (χ4n) is 2.51. The van der Waals surface area contributed by atoms with Crippen LogP contribution < -0.4 is 9.47 Å². The molecule has 0 N–H and O–H groups in total. The van der Waals surface area contributed by atoms with Crippen LogP contribution in [0.5, 0.6) is 11.5 Å². The summed E-state index contributed by atoms with van der Waals surface area (Å²) in [6.07, 6.45) is 0. The largest absolute Gasteiger partial charge is 0.496 e. The van der Waals surface area contributed by atoms with Crippen molar-refractivity contribution in [1.82, 2.24) is 4.98 Å². The minimum atomic E-state index is -0.454. The van der Waals surface area contributed by atoms with Gasteiger partial charge in [-0.1, -0.05) is 24.3 Å². The maximum Gasteiger partial charge on any atom is 0.341 e. The van der Waals surface area contributed by atoms with Crippen LogP contribution in [0.2, 0.25) is 0 Å². The first-order valence-electron chi connectivity index (χ1n) is 8.04. The number of oxazole rings is 1. The van der Waals surface area contributed by atoms with E-state index in [1.165, 1.54) is 7.11 Å². The highest BCUT2D eigenvalue weighted by Gasteiger charge is 2.17. The molecule has 0 aliphatic heterocycles. The Balaban J connectivity index is 1.83. The zero-order chi connectivity index (χ0) is 18.5. The van der Waals surface area contributed by atoms with Crippen LogP contribution in [0.4, 0.5) is 0 Å². The summed E-state index contributed by atoms with van der Waals surface area (Å²) < 4.78 is 21.7. The number of ether oxygens (including phenoxy) is 3. The van der Waals surface area contributed by atoms with Crippen LogP contribution >= 0.6 is 0 Å². The molecule has 134 valence electrons. The number of carbonyl (C=O) groups is 1. The number of rotatable bonds is 6. The van der Waals surface area contributed by atoms with Crippen LogP contribution in [-0.2, 0) is 11.3 Å². The number of esters is 1. The van der Waals surface area contributed by atoms with E-state index in [4.69, 9.17) is 18.6 Å². The Labute approximate surface area is 151 Å². The van der Waals surface area contributed by atoms with E-state index in [1.54, 1.807) is 31.4 Å². The molecule has 0 saturated carbocycles. The van der Waals surface area contributed by atoms with Crippen LogP contribution in [0.25, 0.3) is 11.5 Å². The molecule has 0 atom stereocenters. The number of methoxy groups -OCH3 is 2. The molecular formula is C20H19NO5. The maximum atomic E-state index is 11.8. The Morgan fingerprint density at radius 2 is 1.73 bits per heavy atom. The quantitative estimate of drug-likeness (QED) is 0.623. The lowest BCUT2D eigenvalue weighted by Crippen LogP contribution is -2.05. The average Bonchev–Trinajstić information content (AvgIpc) is 3.06. The van der Waals surface area contributed by atoms with E-state index in [0.29, 0.717) is 34.4 Å². The van der Waals surface area contributed by atoms with Gasteiger partial charge in [0.05, 0.1) is 25.5 Å². The number of hydrogen-bond acceptors (Lipinski definition) is 6. The minimum absolute atomic E-state index is 0.141. The maximum absolute atomic E-state index is 11.8. The smallest absolute Gasteiger partial charge is 0.341 e. The second-order valence-corrected chi connectivity index (χ2v) is 5.50. The van der Waals surface area contributed by atoms with Gasteiger partial charge in [-0.2, -0.15) is 0 Å². The molecule has 0 unspecified atom stereocenters. The van der Waals surface area contributed by atoms with Gasteiger partial charge in [-0.25, -0.2) is 9.78 Å². The van der Waals surface area contributed by atoms with E-state index in [0.717, 1.165) is 5.56 Å². The minimum Gasteiger partial charge on any atom is -0.496 e. The van der Waals surface area contributed by atoms with Crippen LogP contribution in [0.15, 0.2) is 52.9 Å². The van der Waals surface area contributed by atoms with Gasteiger partial charge in [0, 0.05) is 0 Å². The van der Waals surface area contributed by atoms with Crippen molar-refractivity contribution in [3.63, 3.8) is 0 Å². The molecule has 0 aliphatic rings. The molecule has 2 aromatic carbocycles. The Morgan fingerprint density at radius 1 is 1.04 bits per heavy atom. The number of carbonyl (C=O) groups excluding carboxylic acids is 1. The lowest BCUT2D eigenvalue weighted by molar-refractivity contribution is 0.0595. The lowest BCUT2D eigenvalue weighted by atomic mass is 10.2. The van der Waals surface area contributed by atoms with Crippen molar-refractivity contribution < 1.29 is 23.4 Å². The molecule has 0 amide bonds. The zero-order valence-electron chi connectivity index (χ0n) is 14.8. The summed E-state index contributed by atoms with van der Waals surface area (Å²) in [6, 6.07) is 14.4. The number of aromatic nitrogens is 1. The van der Waals surface area contributed by atoms with Crippen LogP contribution in [0.1, 0.15) is 21.8 Å². The molecule has 0 bridgehead atoms. The molecule has 0 saturated heterocycles. The second-order valence-electron chi connectivity index (χ2n) is 5.50.